The summed E-state index contributed by atoms with van der Waals surface area (Å²) in [5.74, 6) is 0. The van der Waals surface area contributed by atoms with Crippen molar-refractivity contribution in [2.24, 2.45) is 0 Å². The summed E-state index contributed by atoms with van der Waals surface area (Å²) < 4.78 is 5.92. The van der Waals surface area contributed by atoms with Crippen LogP contribution in [0.3, 0.4) is 0 Å². The van der Waals surface area contributed by atoms with E-state index in [9.17, 15) is 0 Å². The highest BCUT2D eigenvalue weighted by Gasteiger charge is 2.23. The van der Waals surface area contributed by atoms with Gasteiger partial charge in [0.2, 0.25) is 0 Å². The fourth-order valence-electron chi connectivity index (χ4n) is 2.69. The molecule has 0 radical (unpaired) electrons. The molecule has 1 N–H and O–H groups in total. The molecule has 1 heterocycles. The zero-order chi connectivity index (χ0) is 14.3. The first-order chi connectivity index (χ1) is 9.49. The summed E-state index contributed by atoms with van der Waals surface area (Å²) in [4.78, 5) is 0. The second kappa shape index (κ2) is 4.92. The van der Waals surface area contributed by atoms with Crippen molar-refractivity contribution in [3.05, 3.63) is 35.1 Å². The Hall–Kier alpha value is -1.28. The van der Waals surface area contributed by atoms with Crippen molar-refractivity contribution in [2.45, 2.75) is 65.0 Å². The van der Waals surface area contributed by atoms with Gasteiger partial charge in [0.1, 0.15) is 5.58 Å². The van der Waals surface area contributed by atoms with Gasteiger partial charge in [-0.3, -0.25) is 0 Å². The van der Waals surface area contributed by atoms with Crippen LogP contribution in [-0.2, 0) is 18.4 Å². The molecule has 20 heavy (non-hydrogen) atoms. The van der Waals surface area contributed by atoms with Crippen LogP contribution in [-0.4, -0.2) is 6.04 Å². The largest absolute Gasteiger partial charge is 0.464 e. The summed E-state index contributed by atoms with van der Waals surface area (Å²) >= 11 is 0. The summed E-state index contributed by atoms with van der Waals surface area (Å²) in [6.45, 7) is 9.91. The summed E-state index contributed by atoms with van der Waals surface area (Å²) in [6.07, 6.45) is 5.65. The minimum absolute atomic E-state index is 0.114. The van der Waals surface area contributed by atoms with E-state index >= 15 is 0 Å². The third-order valence-electron chi connectivity index (χ3n) is 4.19. The van der Waals surface area contributed by atoms with Gasteiger partial charge < -0.3 is 9.73 Å². The molecule has 0 spiro atoms. The number of hydrogen-bond donors (Lipinski definition) is 1. The van der Waals surface area contributed by atoms with Crippen LogP contribution in [0.2, 0.25) is 0 Å². The smallest absolute Gasteiger partial charge is 0.137 e. The molecule has 1 aromatic heterocycles. The lowest BCUT2D eigenvalue weighted by atomic mass is 9.84. The molecule has 1 aliphatic carbocycles. The maximum atomic E-state index is 5.92. The number of rotatable bonds is 4. The van der Waals surface area contributed by atoms with Crippen LogP contribution < -0.4 is 5.32 Å². The number of nitrogens with one attached hydrogen (secondary N) is 1. The van der Waals surface area contributed by atoms with E-state index in [1.165, 1.54) is 34.9 Å². The highest BCUT2D eigenvalue weighted by molar-refractivity contribution is 5.85. The Morgan fingerprint density at radius 2 is 2.00 bits per heavy atom. The molecule has 0 aliphatic heterocycles. The summed E-state index contributed by atoms with van der Waals surface area (Å²) in [7, 11) is 0. The van der Waals surface area contributed by atoms with Gasteiger partial charge >= 0.3 is 0 Å². The Balaban J connectivity index is 2.05. The van der Waals surface area contributed by atoms with E-state index < -0.39 is 0 Å². The molecule has 1 fully saturated rings. The van der Waals surface area contributed by atoms with Crippen molar-refractivity contribution in [3.8, 4) is 0 Å². The predicted octanol–water partition coefficient (Wildman–Crippen LogP) is 4.54. The van der Waals surface area contributed by atoms with Gasteiger partial charge in [-0.15, -0.1) is 0 Å². The molecule has 2 aromatic rings. The predicted molar refractivity (Wildman–Crippen MR) is 84.2 cm³/mol. The first-order valence-corrected chi connectivity index (χ1v) is 7.76. The molecule has 1 aliphatic rings. The van der Waals surface area contributed by atoms with Crippen LogP contribution in [0.25, 0.3) is 11.0 Å². The molecule has 2 nitrogen and oxygen atoms in total. The van der Waals surface area contributed by atoms with Crippen LogP contribution in [0.15, 0.2) is 22.8 Å². The molecule has 108 valence electrons. The van der Waals surface area contributed by atoms with E-state index in [1.54, 1.807) is 0 Å². The Labute approximate surface area is 121 Å². The van der Waals surface area contributed by atoms with Crippen LogP contribution in [0.4, 0.5) is 0 Å². The van der Waals surface area contributed by atoms with Crippen molar-refractivity contribution in [2.75, 3.05) is 0 Å². The Bertz CT molecular complexity index is 614. The second-order valence-electron chi connectivity index (χ2n) is 7.04. The van der Waals surface area contributed by atoms with Crippen LogP contribution in [0.5, 0.6) is 0 Å². The van der Waals surface area contributed by atoms with Gasteiger partial charge in [-0.05, 0) is 36.3 Å². The number of furan rings is 1. The van der Waals surface area contributed by atoms with E-state index in [0.717, 1.165) is 24.6 Å². The Morgan fingerprint density at radius 3 is 2.60 bits per heavy atom. The summed E-state index contributed by atoms with van der Waals surface area (Å²) in [6, 6.07) is 5.35. The topological polar surface area (TPSA) is 25.2 Å². The molecule has 3 rings (SSSR count). The molecule has 1 saturated carbocycles. The lowest BCUT2D eigenvalue weighted by Gasteiger charge is -2.20. The third-order valence-corrected chi connectivity index (χ3v) is 4.19. The number of hydrogen-bond acceptors (Lipinski definition) is 2. The average Bonchev–Trinajstić information content (AvgIpc) is 3.14. The normalized spacial score (nSPS) is 16.0. The van der Waals surface area contributed by atoms with Crippen molar-refractivity contribution in [1.29, 1.82) is 0 Å². The SMILES string of the molecule is CCc1cc(C(C)(C)C)c2occ(CNC3CC3)c2c1. The van der Waals surface area contributed by atoms with Crippen LogP contribution in [0.1, 0.15) is 57.2 Å². The maximum Gasteiger partial charge on any atom is 0.137 e. The first kappa shape index (κ1) is 13.7. The van der Waals surface area contributed by atoms with Gasteiger partial charge in [0.15, 0.2) is 0 Å². The zero-order valence-corrected chi connectivity index (χ0v) is 13.0. The van der Waals surface area contributed by atoms with Crippen LogP contribution >= 0.6 is 0 Å². The van der Waals surface area contributed by atoms with Gasteiger partial charge in [0, 0.05) is 29.1 Å². The van der Waals surface area contributed by atoms with E-state index in [2.05, 4.69) is 45.1 Å². The molecule has 0 bridgehead atoms. The molecule has 0 saturated heterocycles. The van der Waals surface area contributed by atoms with Gasteiger partial charge in [0.25, 0.3) is 0 Å². The fraction of sp³-hybridized carbons (Fsp3) is 0.556. The third kappa shape index (κ3) is 2.62. The first-order valence-electron chi connectivity index (χ1n) is 7.76. The highest BCUT2D eigenvalue weighted by Crippen LogP contribution is 2.34. The van der Waals surface area contributed by atoms with Crippen LogP contribution in [0, 0.1) is 0 Å². The minimum Gasteiger partial charge on any atom is -0.464 e. The number of aryl methyl sites for hydroxylation is 1. The van der Waals surface area contributed by atoms with E-state index in [1.807, 2.05) is 6.26 Å². The number of fused-ring (bicyclic) bond motifs is 1. The van der Waals surface area contributed by atoms with E-state index in [-0.39, 0.29) is 5.41 Å². The lowest BCUT2D eigenvalue weighted by Crippen LogP contribution is -2.15. The van der Waals surface area contributed by atoms with Crippen molar-refractivity contribution in [1.82, 2.24) is 5.32 Å². The molecule has 0 atom stereocenters. The molecule has 1 aromatic carbocycles. The van der Waals surface area contributed by atoms with Crippen molar-refractivity contribution in [3.63, 3.8) is 0 Å². The summed E-state index contributed by atoms with van der Waals surface area (Å²) in [5, 5.41) is 4.88. The van der Waals surface area contributed by atoms with Crippen molar-refractivity contribution >= 4 is 11.0 Å². The fourth-order valence-corrected chi connectivity index (χ4v) is 2.69. The second-order valence-corrected chi connectivity index (χ2v) is 7.04. The monoisotopic (exact) mass is 271 g/mol. The zero-order valence-electron chi connectivity index (χ0n) is 13.0. The van der Waals surface area contributed by atoms with Gasteiger partial charge in [-0.1, -0.05) is 33.8 Å². The Kier molecular flexibility index (Phi) is 3.37. The standard InChI is InChI=1S/C18H25NO/c1-5-12-8-15-13(10-19-14-6-7-14)11-20-17(15)16(9-12)18(2,3)4/h8-9,11,14,19H,5-7,10H2,1-4H3. The van der Waals surface area contributed by atoms with Gasteiger partial charge in [-0.25, -0.2) is 0 Å². The van der Waals surface area contributed by atoms with Gasteiger partial charge in [0.05, 0.1) is 6.26 Å². The van der Waals surface area contributed by atoms with E-state index in [0.29, 0.717) is 0 Å². The molecule has 0 amide bonds. The highest BCUT2D eigenvalue weighted by atomic mass is 16.3. The number of benzene rings is 1. The minimum atomic E-state index is 0.114. The Morgan fingerprint density at radius 1 is 1.25 bits per heavy atom. The molecule has 0 unspecified atom stereocenters. The van der Waals surface area contributed by atoms with Crippen molar-refractivity contribution < 1.29 is 4.42 Å². The molecular formula is C18H25NO. The summed E-state index contributed by atoms with van der Waals surface area (Å²) in [5.41, 5.74) is 5.21. The average molecular weight is 271 g/mol. The maximum absolute atomic E-state index is 5.92. The molecule has 2 heteroatoms. The molecular weight excluding hydrogens is 246 g/mol. The quantitative estimate of drug-likeness (QED) is 0.883. The van der Waals surface area contributed by atoms with Gasteiger partial charge in [-0.2, -0.15) is 0 Å². The van der Waals surface area contributed by atoms with E-state index in [4.69, 9.17) is 4.42 Å². The lowest BCUT2D eigenvalue weighted by molar-refractivity contribution is 0.555.